The second-order valence-electron chi connectivity index (χ2n) is 6.90. The Bertz CT molecular complexity index is 912. The highest BCUT2D eigenvalue weighted by Gasteiger charge is 2.55. The van der Waals surface area contributed by atoms with E-state index < -0.39 is 40.4 Å². The number of carbonyl (C=O) groups is 2. The molecule has 0 saturated heterocycles. The molecule has 0 spiro atoms. The number of aliphatic carboxylic acids is 1. The summed E-state index contributed by atoms with van der Waals surface area (Å²) in [5.41, 5.74) is -1.92. The first-order valence-corrected chi connectivity index (χ1v) is 8.25. The smallest absolute Gasteiger partial charge is 0.341 e. The number of carboxylic acid groups (broad SMARTS) is 1. The van der Waals surface area contributed by atoms with Gasteiger partial charge in [-0.1, -0.05) is 13.8 Å². The number of carbonyl (C=O) groups excluding carboxylic acids is 1. The highest BCUT2D eigenvalue weighted by molar-refractivity contribution is 6.18. The van der Waals surface area contributed by atoms with Gasteiger partial charge in [0, 0.05) is 11.3 Å². The summed E-state index contributed by atoms with van der Waals surface area (Å²) in [7, 11) is 1.16. The third-order valence-electron chi connectivity index (χ3n) is 5.01. The van der Waals surface area contributed by atoms with Crippen LogP contribution in [0.2, 0.25) is 0 Å². The fourth-order valence-corrected chi connectivity index (χ4v) is 3.09. The van der Waals surface area contributed by atoms with Gasteiger partial charge in [-0.3, -0.25) is 9.79 Å². The standard InChI is InChI=1S/C18H19F2N3O4/c1-8(2)17(3)16(26)21-15(23-17)18(20)12(14(24)25)13(27-4)10-7-9(19)5-6-11(10)22-18/h5-8,22H,1-4H3,(H,24,25)(H,21,23,26). The van der Waals surface area contributed by atoms with Crippen LogP contribution in [0.15, 0.2) is 28.8 Å². The Morgan fingerprint density at radius 2 is 2.04 bits per heavy atom. The zero-order valence-electron chi connectivity index (χ0n) is 15.2. The van der Waals surface area contributed by atoms with Gasteiger partial charge in [-0.05, 0) is 31.0 Å². The molecule has 3 N–H and O–H groups in total. The second kappa shape index (κ2) is 6.04. The minimum Gasteiger partial charge on any atom is -0.495 e. The van der Waals surface area contributed by atoms with E-state index >= 15 is 4.39 Å². The van der Waals surface area contributed by atoms with Gasteiger partial charge in [0.1, 0.15) is 22.7 Å². The van der Waals surface area contributed by atoms with Crippen LogP contribution in [0, 0.1) is 11.7 Å². The van der Waals surface area contributed by atoms with E-state index in [-0.39, 0.29) is 22.9 Å². The van der Waals surface area contributed by atoms with Crippen LogP contribution < -0.4 is 10.6 Å². The number of fused-ring (bicyclic) bond motifs is 1. The topological polar surface area (TPSA) is 100 Å². The third-order valence-corrected chi connectivity index (χ3v) is 5.01. The summed E-state index contributed by atoms with van der Waals surface area (Å²) in [6, 6.07) is 3.39. The van der Waals surface area contributed by atoms with E-state index in [0.717, 1.165) is 19.2 Å². The number of rotatable bonds is 4. The van der Waals surface area contributed by atoms with Crippen LogP contribution in [-0.4, -0.2) is 41.3 Å². The maximum absolute atomic E-state index is 16.1. The Labute approximate surface area is 154 Å². The number of amides is 1. The summed E-state index contributed by atoms with van der Waals surface area (Å²) in [6.07, 6.45) is 0. The summed E-state index contributed by atoms with van der Waals surface area (Å²) in [5.74, 6) is -6.78. The summed E-state index contributed by atoms with van der Waals surface area (Å²) in [4.78, 5) is 28.5. The van der Waals surface area contributed by atoms with Gasteiger partial charge in [-0.25, -0.2) is 13.6 Å². The number of carboxylic acids is 1. The molecule has 1 amide bonds. The molecule has 0 bridgehead atoms. The van der Waals surface area contributed by atoms with E-state index in [4.69, 9.17) is 4.74 Å². The van der Waals surface area contributed by atoms with Crippen molar-refractivity contribution in [3.8, 4) is 0 Å². The molecule has 9 heteroatoms. The molecule has 2 aliphatic heterocycles. The van der Waals surface area contributed by atoms with E-state index in [2.05, 4.69) is 15.6 Å². The molecule has 7 nitrogen and oxygen atoms in total. The molecule has 0 saturated carbocycles. The zero-order chi connectivity index (χ0) is 20.1. The van der Waals surface area contributed by atoms with Crippen LogP contribution in [0.5, 0.6) is 0 Å². The average molecular weight is 379 g/mol. The Morgan fingerprint density at radius 3 is 2.56 bits per heavy atom. The van der Waals surface area contributed by atoms with Crippen molar-refractivity contribution in [2.45, 2.75) is 32.1 Å². The summed E-state index contributed by atoms with van der Waals surface area (Å²) < 4.78 is 34.9. The van der Waals surface area contributed by atoms with E-state index in [9.17, 15) is 19.1 Å². The Hall–Kier alpha value is -2.97. The van der Waals surface area contributed by atoms with Crippen molar-refractivity contribution in [3.05, 3.63) is 35.2 Å². The molecule has 2 heterocycles. The van der Waals surface area contributed by atoms with Crippen molar-refractivity contribution >= 4 is 29.2 Å². The number of ether oxygens (including phenoxy) is 1. The summed E-state index contributed by atoms with van der Waals surface area (Å²) >= 11 is 0. The predicted octanol–water partition coefficient (Wildman–Crippen LogP) is 2.30. The van der Waals surface area contributed by atoms with E-state index in [1.54, 1.807) is 13.8 Å². The number of methoxy groups -OCH3 is 1. The summed E-state index contributed by atoms with van der Waals surface area (Å²) in [6.45, 7) is 5.03. The Balaban J connectivity index is 2.25. The van der Waals surface area contributed by atoms with E-state index in [1.807, 2.05) is 0 Å². The number of halogens is 2. The number of amidine groups is 1. The van der Waals surface area contributed by atoms with Crippen molar-refractivity contribution in [1.29, 1.82) is 0 Å². The maximum Gasteiger partial charge on any atom is 0.341 e. The van der Waals surface area contributed by atoms with Gasteiger partial charge in [0.25, 0.3) is 11.7 Å². The lowest BCUT2D eigenvalue weighted by molar-refractivity contribution is -0.133. The molecule has 144 valence electrons. The largest absolute Gasteiger partial charge is 0.495 e. The molecule has 27 heavy (non-hydrogen) atoms. The van der Waals surface area contributed by atoms with Crippen LogP contribution >= 0.6 is 0 Å². The highest BCUT2D eigenvalue weighted by Crippen LogP contribution is 2.43. The fourth-order valence-electron chi connectivity index (χ4n) is 3.09. The van der Waals surface area contributed by atoms with Crippen molar-refractivity contribution in [2.24, 2.45) is 10.9 Å². The molecule has 0 fully saturated rings. The predicted molar refractivity (Wildman–Crippen MR) is 94.2 cm³/mol. The van der Waals surface area contributed by atoms with Gasteiger partial charge in [-0.2, -0.15) is 0 Å². The number of aliphatic imine (C=N–C) groups is 1. The summed E-state index contributed by atoms with van der Waals surface area (Å²) in [5, 5.41) is 14.4. The van der Waals surface area contributed by atoms with E-state index in [0.29, 0.717) is 0 Å². The maximum atomic E-state index is 16.1. The quantitative estimate of drug-likeness (QED) is 0.697. The molecule has 0 radical (unpaired) electrons. The first-order chi connectivity index (χ1) is 12.5. The van der Waals surface area contributed by atoms with Crippen molar-refractivity contribution in [3.63, 3.8) is 0 Å². The van der Waals surface area contributed by atoms with Crippen LogP contribution in [0.4, 0.5) is 14.5 Å². The molecule has 3 rings (SSSR count). The lowest BCUT2D eigenvalue weighted by Crippen LogP contribution is -2.54. The van der Waals surface area contributed by atoms with Gasteiger partial charge in [0.15, 0.2) is 5.84 Å². The number of nitrogens with zero attached hydrogens (tertiary/aromatic N) is 1. The highest BCUT2D eigenvalue weighted by atomic mass is 19.1. The Morgan fingerprint density at radius 1 is 1.37 bits per heavy atom. The monoisotopic (exact) mass is 379 g/mol. The number of alkyl halides is 1. The van der Waals surface area contributed by atoms with Gasteiger partial charge >= 0.3 is 5.97 Å². The molecule has 1 aromatic rings. The fraction of sp³-hybridized carbons (Fsp3) is 0.389. The molecule has 1 aromatic carbocycles. The average Bonchev–Trinajstić information content (AvgIpc) is 2.91. The minimum atomic E-state index is -2.87. The van der Waals surface area contributed by atoms with Crippen LogP contribution in [0.1, 0.15) is 26.3 Å². The second-order valence-corrected chi connectivity index (χ2v) is 6.90. The van der Waals surface area contributed by atoms with Gasteiger partial charge < -0.3 is 20.5 Å². The number of nitrogens with one attached hydrogen (secondary N) is 2. The molecular weight excluding hydrogens is 360 g/mol. The van der Waals surface area contributed by atoms with Crippen molar-refractivity contribution in [2.75, 3.05) is 12.4 Å². The first-order valence-electron chi connectivity index (χ1n) is 8.25. The van der Waals surface area contributed by atoms with Crippen LogP contribution in [-0.2, 0) is 14.3 Å². The molecule has 2 atom stereocenters. The number of benzene rings is 1. The third kappa shape index (κ3) is 2.65. The number of hydrogen-bond donors (Lipinski definition) is 3. The van der Waals surface area contributed by atoms with Gasteiger partial charge in [0.05, 0.1) is 7.11 Å². The lowest BCUT2D eigenvalue weighted by Gasteiger charge is -2.34. The van der Waals surface area contributed by atoms with Crippen LogP contribution in [0.25, 0.3) is 5.76 Å². The van der Waals surface area contributed by atoms with Gasteiger partial charge in [0.2, 0.25) is 0 Å². The minimum absolute atomic E-state index is 0.0553. The van der Waals surface area contributed by atoms with Gasteiger partial charge in [-0.15, -0.1) is 0 Å². The lowest BCUT2D eigenvalue weighted by atomic mass is 9.89. The van der Waals surface area contributed by atoms with Crippen molar-refractivity contribution < 1.29 is 28.2 Å². The molecule has 0 aromatic heterocycles. The zero-order valence-corrected chi connectivity index (χ0v) is 15.2. The number of hydrogen-bond acceptors (Lipinski definition) is 5. The molecular formula is C18H19F2N3O4. The van der Waals surface area contributed by atoms with E-state index in [1.165, 1.54) is 13.0 Å². The Kier molecular flexibility index (Phi) is 4.21. The number of anilines is 1. The van der Waals surface area contributed by atoms with Crippen LogP contribution in [0.3, 0.4) is 0 Å². The first kappa shape index (κ1) is 18.8. The molecule has 2 unspecified atom stereocenters. The van der Waals surface area contributed by atoms with Crippen molar-refractivity contribution in [1.82, 2.24) is 5.32 Å². The molecule has 2 aliphatic rings. The normalized spacial score (nSPS) is 27.1. The SMILES string of the molecule is COC1=C(C(=O)O)C(F)(C2=NC(C)(C(C)C)C(=O)N2)Nc2ccc(F)cc21. The molecule has 0 aliphatic carbocycles.